The number of likely N-dealkylation sites (tertiary alicyclic amines) is 1. The van der Waals surface area contributed by atoms with Crippen molar-refractivity contribution in [3.63, 3.8) is 0 Å². The van der Waals surface area contributed by atoms with Crippen LogP contribution in [0.3, 0.4) is 0 Å². The van der Waals surface area contributed by atoms with Crippen molar-refractivity contribution in [3.05, 3.63) is 17.0 Å². The van der Waals surface area contributed by atoms with Crippen molar-refractivity contribution in [3.8, 4) is 0 Å². The number of carbonyl (C=O) groups is 2. The summed E-state index contributed by atoms with van der Waals surface area (Å²) in [4.78, 5) is 30.5. The van der Waals surface area contributed by atoms with E-state index in [0.717, 1.165) is 37.4 Å². The number of fused-ring (bicyclic) bond motifs is 1. The molecule has 0 aliphatic carbocycles. The second kappa shape index (κ2) is 7.99. The minimum absolute atomic E-state index is 0.159. The van der Waals surface area contributed by atoms with Gasteiger partial charge in [-0.1, -0.05) is 11.6 Å². The standard InChI is InChI=1S/C18H28N4O3/c1-20(2)18(24)17-14-13-22(12-8-15(14)25-19-17)16(23)7-6-11-21-9-4-3-5-10-21/h3-13H2,1-2H3. The Balaban J connectivity index is 1.53. The first-order chi connectivity index (χ1) is 12.1. The van der Waals surface area contributed by atoms with E-state index in [0.29, 0.717) is 31.6 Å². The molecule has 0 unspecified atom stereocenters. The van der Waals surface area contributed by atoms with Gasteiger partial charge < -0.3 is 19.2 Å². The smallest absolute Gasteiger partial charge is 0.275 e. The van der Waals surface area contributed by atoms with Crippen LogP contribution in [0.1, 0.15) is 53.9 Å². The summed E-state index contributed by atoms with van der Waals surface area (Å²) < 4.78 is 5.30. The molecular formula is C18H28N4O3. The van der Waals surface area contributed by atoms with Crippen LogP contribution in [0.25, 0.3) is 0 Å². The molecule has 2 aliphatic heterocycles. The van der Waals surface area contributed by atoms with Crippen LogP contribution in [0.5, 0.6) is 0 Å². The number of rotatable bonds is 5. The van der Waals surface area contributed by atoms with Crippen LogP contribution in [-0.2, 0) is 17.8 Å². The summed E-state index contributed by atoms with van der Waals surface area (Å²) >= 11 is 0. The fraction of sp³-hybridized carbons (Fsp3) is 0.722. The van der Waals surface area contributed by atoms with Crippen molar-refractivity contribution >= 4 is 11.8 Å². The number of piperidine rings is 1. The van der Waals surface area contributed by atoms with Gasteiger partial charge in [-0.05, 0) is 38.9 Å². The van der Waals surface area contributed by atoms with Crippen LogP contribution in [0.15, 0.2) is 4.52 Å². The molecule has 25 heavy (non-hydrogen) atoms. The van der Waals surface area contributed by atoms with Gasteiger partial charge in [0.1, 0.15) is 5.76 Å². The molecule has 2 amide bonds. The van der Waals surface area contributed by atoms with Crippen LogP contribution >= 0.6 is 0 Å². The first kappa shape index (κ1) is 17.9. The van der Waals surface area contributed by atoms with E-state index in [1.807, 2.05) is 4.90 Å². The fourth-order valence-corrected chi connectivity index (χ4v) is 3.60. The summed E-state index contributed by atoms with van der Waals surface area (Å²) in [7, 11) is 3.38. The highest BCUT2D eigenvalue weighted by Gasteiger charge is 2.30. The predicted octanol–water partition coefficient (Wildman–Crippen LogP) is 1.53. The Bertz CT molecular complexity index is 620. The molecule has 2 aliphatic rings. The average molecular weight is 348 g/mol. The van der Waals surface area contributed by atoms with Gasteiger partial charge in [-0.15, -0.1) is 0 Å². The fourth-order valence-electron chi connectivity index (χ4n) is 3.60. The lowest BCUT2D eigenvalue weighted by Crippen LogP contribution is -2.37. The van der Waals surface area contributed by atoms with Gasteiger partial charge in [0.05, 0.1) is 6.54 Å². The van der Waals surface area contributed by atoms with Crippen molar-refractivity contribution in [1.29, 1.82) is 0 Å². The summed E-state index contributed by atoms with van der Waals surface area (Å²) in [6, 6.07) is 0. The van der Waals surface area contributed by atoms with Crippen LogP contribution in [0, 0.1) is 0 Å². The Hall–Kier alpha value is -1.89. The second-order valence-corrected chi connectivity index (χ2v) is 7.20. The summed E-state index contributed by atoms with van der Waals surface area (Å²) in [5.74, 6) is 0.721. The molecule has 0 bridgehead atoms. The molecule has 7 nitrogen and oxygen atoms in total. The molecule has 0 atom stereocenters. The summed E-state index contributed by atoms with van der Waals surface area (Å²) in [5, 5.41) is 3.93. The van der Waals surface area contributed by atoms with Crippen LogP contribution in [-0.4, -0.2) is 71.9 Å². The normalized spacial score (nSPS) is 18.1. The third kappa shape index (κ3) is 4.21. The molecule has 3 rings (SSSR count). The summed E-state index contributed by atoms with van der Waals surface area (Å²) in [6.45, 7) is 4.40. The second-order valence-electron chi connectivity index (χ2n) is 7.20. The third-order valence-corrected chi connectivity index (χ3v) is 5.10. The van der Waals surface area contributed by atoms with E-state index in [1.165, 1.54) is 24.2 Å². The molecule has 1 fully saturated rings. The number of hydrogen-bond acceptors (Lipinski definition) is 5. The number of aromatic nitrogens is 1. The van der Waals surface area contributed by atoms with Gasteiger partial charge in [-0.2, -0.15) is 0 Å². The van der Waals surface area contributed by atoms with E-state index in [1.54, 1.807) is 14.1 Å². The van der Waals surface area contributed by atoms with E-state index < -0.39 is 0 Å². The van der Waals surface area contributed by atoms with Gasteiger partial charge >= 0.3 is 0 Å². The van der Waals surface area contributed by atoms with Crippen LogP contribution < -0.4 is 0 Å². The monoisotopic (exact) mass is 348 g/mol. The highest BCUT2D eigenvalue weighted by molar-refractivity contribution is 5.93. The zero-order valence-electron chi connectivity index (χ0n) is 15.3. The molecule has 138 valence electrons. The summed E-state index contributed by atoms with van der Waals surface area (Å²) in [6.07, 6.45) is 5.97. The lowest BCUT2D eigenvalue weighted by atomic mass is 10.0. The molecule has 7 heteroatoms. The van der Waals surface area contributed by atoms with Crippen molar-refractivity contribution < 1.29 is 14.1 Å². The Morgan fingerprint density at radius 2 is 1.92 bits per heavy atom. The lowest BCUT2D eigenvalue weighted by Gasteiger charge is -2.28. The van der Waals surface area contributed by atoms with Gasteiger partial charge in [0.2, 0.25) is 5.91 Å². The molecule has 0 N–H and O–H groups in total. The Morgan fingerprint density at radius 1 is 1.16 bits per heavy atom. The van der Waals surface area contributed by atoms with Gasteiger partial charge in [-0.3, -0.25) is 9.59 Å². The SMILES string of the molecule is CN(C)C(=O)c1noc2c1CN(C(=O)CCCN1CCCCC1)CC2. The van der Waals surface area contributed by atoms with Gasteiger partial charge in [0.15, 0.2) is 5.69 Å². The zero-order chi connectivity index (χ0) is 17.8. The van der Waals surface area contributed by atoms with E-state index in [4.69, 9.17) is 4.52 Å². The molecular weight excluding hydrogens is 320 g/mol. The highest BCUT2D eigenvalue weighted by Crippen LogP contribution is 2.24. The summed E-state index contributed by atoms with van der Waals surface area (Å²) in [5.41, 5.74) is 1.11. The molecule has 1 saturated heterocycles. The quantitative estimate of drug-likeness (QED) is 0.807. The van der Waals surface area contributed by atoms with E-state index in [2.05, 4.69) is 10.1 Å². The van der Waals surface area contributed by atoms with Crippen molar-refractivity contribution in [1.82, 2.24) is 19.9 Å². The Kier molecular flexibility index (Phi) is 5.73. The van der Waals surface area contributed by atoms with Crippen molar-refractivity contribution in [2.75, 3.05) is 40.3 Å². The topological polar surface area (TPSA) is 69.9 Å². The molecule has 0 spiro atoms. The highest BCUT2D eigenvalue weighted by atomic mass is 16.5. The maximum atomic E-state index is 12.5. The largest absolute Gasteiger partial charge is 0.360 e. The Morgan fingerprint density at radius 3 is 2.64 bits per heavy atom. The Labute approximate surface area is 148 Å². The minimum Gasteiger partial charge on any atom is -0.360 e. The van der Waals surface area contributed by atoms with Gasteiger partial charge in [0.25, 0.3) is 5.91 Å². The molecule has 3 heterocycles. The molecule has 1 aromatic heterocycles. The first-order valence-corrected chi connectivity index (χ1v) is 9.25. The van der Waals surface area contributed by atoms with Crippen molar-refractivity contribution in [2.24, 2.45) is 0 Å². The maximum absolute atomic E-state index is 12.5. The maximum Gasteiger partial charge on any atom is 0.275 e. The zero-order valence-corrected chi connectivity index (χ0v) is 15.3. The first-order valence-electron chi connectivity index (χ1n) is 9.25. The average Bonchev–Trinajstić information content (AvgIpc) is 3.04. The number of hydrogen-bond donors (Lipinski definition) is 0. The molecule has 1 aromatic rings. The number of amides is 2. The molecule has 0 radical (unpaired) electrons. The van der Waals surface area contributed by atoms with Crippen LogP contribution in [0.4, 0.5) is 0 Å². The molecule has 0 aromatic carbocycles. The van der Waals surface area contributed by atoms with E-state index in [-0.39, 0.29) is 11.8 Å². The van der Waals surface area contributed by atoms with Crippen LogP contribution in [0.2, 0.25) is 0 Å². The number of nitrogens with zero attached hydrogens (tertiary/aromatic N) is 4. The van der Waals surface area contributed by atoms with Crippen molar-refractivity contribution in [2.45, 2.75) is 45.1 Å². The third-order valence-electron chi connectivity index (χ3n) is 5.10. The van der Waals surface area contributed by atoms with E-state index >= 15 is 0 Å². The van der Waals surface area contributed by atoms with E-state index in [9.17, 15) is 9.59 Å². The number of carbonyl (C=O) groups excluding carboxylic acids is 2. The minimum atomic E-state index is -0.176. The van der Waals surface area contributed by atoms with Gasteiger partial charge in [-0.25, -0.2) is 0 Å². The lowest BCUT2D eigenvalue weighted by molar-refractivity contribution is -0.132. The van der Waals surface area contributed by atoms with Gasteiger partial charge in [0, 0.05) is 39.0 Å². The predicted molar refractivity (Wildman–Crippen MR) is 93.2 cm³/mol. The molecule has 0 saturated carbocycles.